The number of carbonyl (C=O) groups excluding carboxylic acids is 1. The van der Waals surface area contributed by atoms with Gasteiger partial charge >= 0.3 is 0 Å². The minimum absolute atomic E-state index is 0.0214. The number of hydrogen-bond donors (Lipinski definition) is 0. The van der Waals surface area contributed by atoms with Gasteiger partial charge in [-0.2, -0.15) is 5.10 Å². The average molecular weight is 399 g/mol. The third kappa shape index (κ3) is 3.61. The molecule has 0 atom stereocenters. The molecule has 0 bridgehead atoms. The molecular weight excluding hydrogens is 378 g/mol. The maximum Gasteiger partial charge on any atom is 0.260 e. The molecule has 0 radical (unpaired) electrons. The van der Waals surface area contributed by atoms with Gasteiger partial charge in [-0.25, -0.2) is 9.97 Å². The van der Waals surface area contributed by atoms with E-state index in [2.05, 4.69) is 22.2 Å². The van der Waals surface area contributed by atoms with E-state index in [1.165, 1.54) is 0 Å². The van der Waals surface area contributed by atoms with Gasteiger partial charge in [-0.3, -0.25) is 9.48 Å². The minimum Gasteiger partial charge on any atom is -0.484 e. The summed E-state index contributed by atoms with van der Waals surface area (Å²) in [6.07, 6.45) is 6.33. The third-order valence-electron chi connectivity index (χ3n) is 5.31. The molecule has 3 aromatic heterocycles. The summed E-state index contributed by atoms with van der Waals surface area (Å²) in [6, 6.07) is 13.6. The van der Waals surface area contributed by atoms with Crippen LogP contribution in [0.3, 0.4) is 0 Å². The first-order chi connectivity index (χ1) is 14.7. The topological polar surface area (TPSA) is 73.1 Å². The molecule has 0 aliphatic carbocycles. The fraction of sp³-hybridized carbons (Fsp3) is 0.217. The fourth-order valence-corrected chi connectivity index (χ4v) is 3.72. The summed E-state index contributed by atoms with van der Waals surface area (Å²) in [7, 11) is 1.89. The SMILES string of the molecule is Cn1cc(-c2cnc3nc4c(cc3c2)CN(C(=O)COc2ccccc2)CC4)cn1. The highest BCUT2D eigenvalue weighted by atomic mass is 16.5. The molecule has 0 N–H and O–H groups in total. The molecule has 0 saturated carbocycles. The van der Waals surface area contributed by atoms with E-state index in [4.69, 9.17) is 9.72 Å². The zero-order chi connectivity index (χ0) is 20.5. The van der Waals surface area contributed by atoms with Gasteiger partial charge in [0, 0.05) is 61.2 Å². The van der Waals surface area contributed by atoms with Crippen LogP contribution < -0.4 is 4.74 Å². The van der Waals surface area contributed by atoms with E-state index >= 15 is 0 Å². The molecule has 0 saturated heterocycles. The van der Waals surface area contributed by atoms with Crippen molar-refractivity contribution in [3.63, 3.8) is 0 Å². The van der Waals surface area contributed by atoms with Crippen molar-refractivity contribution in [2.24, 2.45) is 7.05 Å². The van der Waals surface area contributed by atoms with Gasteiger partial charge in [-0.1, -0.05) is 18.2 Å². The van der Waals surface area contributed by atoms with Crippen molar-refractivity contribution >= 4 is 16.9 Å². The molecule has 1 aromatic carbocycles. The first kappa shape index (κ1) is 18.3. The average Bonchev–Trinajstić information content (AvgIpc) is 3.22. The van der Waals surface area contributed by atoms with Gasteiger partial charge in [0.1, 0.15) is 5.75 Å². The summed E-state index contributed by atoms with van der Waals surface area (Å²) in [5.41, 5.74) is 4.81. The highest BCUT2D eigenvalue weighted by Crippen LogP contribution is 2.26. The fourth-order valence-electron chi connectivity index (χ4n) is 3.72. The second-order valence-electron chi connectivity index (χ2n) is 7.43. The number of aromatic nitrogens is 4. The van der Waals surface area contributed by atoms with Crippen LogP contribution in [0, 0.1) is 0 Å². The van der Waals surface area contributed by atoms with Gasteiger partial charge in [-0.05, 0) is 29.8 Å². The molecule has 30 heavy (non-hydrogen) atoms. The number of nitrogens with zero attached hydrogens (tertiary/aromatic N) is 5. The number of benzene rings is 1. The van der Waals surface area contributed by atoms with E-state index in [1.807, 2.05) is 60.9 Å². The largest absolute Gasteiger partial charge is 0.484 e. The molecule has 7 heteroatoms. The molecule has 0 spiro atoms. The van der Waals surface area contributed by atoms with Crippen molar-refractivity contribution < 1.29 is 9.53 Å². The summed E-state index contributed by atoms with van der Waals surface area (Å²) in [6.45, 7) is 1.20. The second-order valence-corrected chi connectivity index (χ2v) is 7.43. The Morgan fingerprint density at radius 1 is 1.13 bits per heavy atom. The number of ether oxygens (including phenoxy) is 1. The molecule has 0 unspecified atom stereocenters. The zero-order valence-electron chi connectivity index (χ0n) is 16.7. The zero-order valence-corrected chi connectivity index (χ0v) is 16.7. The lowest BCUT2D eigenvalue weighted by Crippen LogP contribution is -2.39. The predicted molar refractivity (Wildman–Crippen MR) is 113 cm³/mol. The Hall–Kier alpha value is -3.74. The molecule has 1 aliphatic heterocycles. The van der Waals surface area contributed by atoms with Gasteiger partial charge in [0.15, 0.2) is 12.3 Å². The van der Waals surface area contributed by atoms with E-state index in [9.17, 15) is 4.79 Å². The molecule has 150 valence electrons. The Morgan fingerprint density at radius 3 is 2.80 bits per heavy atom. The predicted octanol–water partition coefficient (Wildman–Crippen LogP) is 2.99. The third-order valence-corrected chi connectivity index (χ3v) is 5.31. The monoisotopic (exact) mass is 399 g/mol. The molecule has 4 heterocycles. The van der Waals surface area contributed by atoms with Gasteiger partial charge in [0.2, 0.25) is 0 Å². The summed E-state index contributed by atoms with van der Waals surface area (Å²) in [5, 5.41) is 5.19. The number of para-hydroxylation sites is 1. The first-order valence-electron chi connectivity index (χ1n) is 9.89. The molecule has 0 fully saturated rings. The number of hydrogen-bond acceptors (Lipinski definition) is 5. The minimum atomic E-state index is -0.0214. The van der Waals surface area contributed by atoms with E-state index < -0.39 is 0 Å². The molecule has 4 aromatic rings. The molecule has 1 amide bonds. The molecule has 1 aliphatic rings. The highest BCUT2D eigenvalue weighted by molar-refractivity contribution is 5.82. The lowest BCUT2D eigenvalue weighted by molar-refractivity contribution is -0.134. The van der Waals surface area contributed by atoms with Gasteiger partial charge < -0.3 is 9.64 Å². The van der Waals surface area contributed by atoms with Crippen molar-refractivity contribution in [1.29, 1.82) is 0 Å². The number of aryl methyl sites for hydroxylation is 1. The highest BCUT2D eigenvalue weighted by Gasteiger charge is 2.23. The maximum atomic E-state index is 12.6. The number of amides is 1. The Balaban J connectivity index is 1.35. The van der Waals surface area contributed by atoms with Crippen LogP contribution in [0.4, 0.5) is 0 Å². The van der Waals surface area contributed by atoms with Crippen LogP contribution in [0.5, 0.6) is 5.75 Å². The Kier molecular flexibility index (Phi) is 4.63. The normalized spacial score (nSPS) is 13.3. The van der Waals surface area contributed by atoms with Crippen molar-refractivity contribution in [1.82, 2.24) is 24.6 Å². The van der Waals surface area contributed by atoms with Gasteiger partial charge in [-0.15, -0.1) is 0 Å². The first-order valence-corrected chi connectivity index (χ1v) is 9.89. The van der Waals surface area contributed by atoms with Gasteiger partial charge in [0.25, 0.3) is 5.91 Å². The van der Waals surface area contributed by atoms with Crippen LogP contribution in [0.15, 0.2) is 61.1 Å². The summed E-state index contributed by atoms with van der Waals surface area (Å²) >= 11 is 0. The number of carbonyl (C=O) groups is 1. The Labute approximate surface area is 173 Å². The van der Waals surface area contributed by atoms with Crippen LogP contribution in [0.25, 0.3) is 22.2 Å². The summed E-state index contributed by atoms with van der Waals surface area (Å²) < 4.78 is 7.39. The van der Waals surface area contributed by atoms with Crippen molar-refractivity contribution in [3.05, 3.63) is 72.3 Å². The van der Waals surface area contributed by atoms with Crippen molar-refractivity contribution in [2.75, 3.05) is 13.2 Å². The molecular formula is C23H21N5O2. The van der Waals surface area contributed by atoms with E-state index in [1.54, 1.807) is 4.68 Å². The van der Waals surface area contributed by atoms with Crippen LogP contribution >= 0.6 is 0 Å². The Morgan fingerprint density at radius 2 is 2.00 bits per heavy atom. The van der Waals surface area contributed by atoms with Gasteiger partial charge in [0.05, 0.1) is 6.20 Å². The number of fused-ring (bicyclic) bond motifs is 2. The van der Waals surface area contributed by atoms with Crippen LogP contribution in [0.2, 0.25) is 0 Å². The van der Waals surface area contributed by atoms with Crippen molar-refractivity contribution in [2.45, 2.75) is 13.0 Å². The van der Waals surface area contributed by atoms with Crippen LogP contribution in [-0.4, -0.2) is 43.7 Å². The van der Waals surface area contributed by atoms with Crippen LogP contribution in [0.1, 0.15) is 11.3 Å². The number of rotatable bonds is 4. The second kappa shape index (κ2) is 7.59. The smallest absolute Gasteiger partial charge is 0.260 e. The van der Waals surface area contributed by atoms with Crippen LogP contribution in [-0.2, 0) is 24.8 Å². The number of pyridine rings is 2. The van der Waals surface area contributed by atoms with E-state index in [0.717, 1.165) is 33.4 Å². The lowest BCUT2D eigenvalue weighted by Gasteiger charge is -2.28. The van der Waals surface area contributed by atoms with E-state index in [-0.39, 0.29) is 12.5 Å². The molecule has 5 rings (SSSR count). The standard InChI is InChI=1S/C23H21N5O2/c1-27-13-19(12-25-27)17-9-16-10-18-14-28(8-7-21(18)26-23(16)24-11-17)22(29)15-30-20-5-3-2-4-6-20/h2-6,9-13H,7-8,14-15H2,1H3. The summed E-state index contributed by atoms with van der Waals surface area (Å²) in [4.78, 5) is 23.8. The quantitative estimate of drug-likeness (QED) is 0.527. The van der Waals surface area contributed by atoms with Crippen molar-refractivity contribution in [3.8, 4) is 16.9 Å². The van der Waals surface area contributed by atoms with E-state index in [0.29, 0.717) is 25.3 Å². The maximum absolute atomic E-state index is 12.6. The lowest BCUT2D eigenvalue weighted by atomic mass is 10.0. The molecule has 7 nitrogen and oxygen atoms in total. The summed E-state index contributed by atoms with van der Waals surface area (Å²) in [5.74, 6) is 0.678. The Bertz CT molecular complexity index is 1220.